The molecule has 1 aromatic carbocycles. The fourth-order valence-electron chi connectivity index (χ4n) is 3.54. The van der Waals surface area contributed by atoms with Crippen molar-refractivity contribution >= 4 is 17.9 Å². The number of likely N-dealkylation sites (tertiary alicyclic amines) is 1. The van der Waals surface area contributed by atoms with Crippen molar-refractivity contribution in [1.82, 2.24) is 20.1 Å². The van der Waals surface area contributed by atoms with Gasteiger partial charge in [0.25, 0.3) is 0 Å². The van der Waals surface area contributed by atoms with E-state index in [0.29, 0.717) is 25.3 Å². The third-order valence-corrected chi connectivity index (χ3v) is 5.04. The molecular formula is C21H26N4O4. The van der Waals surface area contributed by atoms with E-state index in [1.54, 1.807) is 6.07 Å². The minimum absolute atomic E-state index is 0.168. The van der Waals surface area contributed by atoms with Gasteiger partial charge in [-0.1, -0.05) is 30.3 Å². The van der Waals surface area contributed by atoms with Crippen molar-refractivity contribution in [3.05, 3.63) is 59.9 Å². The van der Waals surface area contributed by atoms with E-state index >= 15 is 0 Å². The Kier molecular flexibility index (Phi) is 7.02. The van der Waals surface area contributed by atoms with E-state index in [2.05, 4.69) is 10.6 Å². The summed E-state index contributed by atoms with van der Waals surface area (Å²) in [5.41, 5.74) is 1.51. The number of esters is 1. The molecule has 0 spiro atoms. The van der Waals surface area contributed by atoms with Gasteiger partial charge in [-0.05, 0) is 30.5 Å². The number of carbonyl (C=O) groups is 3. The highest BCUT2D eigenvalue weighted by atomic mass is 16.5. The van der Waals surface area contributed by atoms with Crippen molar-refractivity contribution in [1.29, 1.82) is 0 Å². The van der Waals surface area contributed by atoms with Gasteiger partial charge in [-0.15, -0.1) is 0 Å². The van der Waals surface area contributed by atoms with Crippen LogP contribution in [-0.2, 0) is 16.1 Å². The number of amides is 3. The Labute approximate surface area is 169 Å². The van der Waals surface area contributed by atoms with Gasteiger partial charge in [0.2, 0.25) is 5.91 Å². The van der Waals surface area contributed by atoms with Crippen LogP contribution in [0.4, 0.5) is 4.79 Å². The number of piperidine rings is 1. The topological polar surface area (TPSA) is 92.7 Å². The zero-order valence-electron chi connectivity index (χ0n) is 16.5. The Morgan fingerprint density at radius 1 is 1.07 bits per heavy atom. The average molecular weight is 398 g/mol. The predicted molar refractivity (Wildman–Crippen MR) is 107 cm³/mol. The van der Waals surface area contributed by atoms with Crippen LogP contribution in [0.5, 0.6) is 0 Å². The highest BCUT2D eigenvalue weighted by Gasteiger charge is 2.25. The van der Waals surface area contributed by atoms with Gasteiger partial charge in [-0.25, -0.2) is 9.59 Å². The second-order valence-electron chi connectivity index (χ2n) is 7.02. The minimum Gasteiger partial charge on any atom is -0.464 e. The molecule has 8 nitrogen and oxygen atoms in total. The molecule has 0 unspecified atom stereocenters. The number of carbonyl (C=O) groups excluding carboxylic acids is 3. The largest absolute Gasteiger partial charge is 0.464 e. The van der Waals surface area contributed by atoms with E-state index < -0.39 is 6.03 Å². The number of nitrogens with one attached hydrogen (secondary N) is 2. The molecule has 154 valence electrons. The second kappa shape index (κ2) is 9.88. The Morgan fingerprint density at radius 2 is 1.79 bits per heavy atom. The third-order valence-electron chi connectivity index (χ3n) is 5.04. The lowest BCUT2D eigenvalue weighted by molar-refractivity contribution is -0.121. The van der Waals surface area contributed by atoms with E-state index in [1.807, 2.05) is 52.1 Å². The van der Waals surface area contributed by atoms with Crippen LogP contribution in [0.3, 0.4) is 0 Å². The second-order valence-corrected chi connectivity index (χ2v) is 7.02. The Hall–Kier alpha value is -3.13. The van der Waals surface area contributed by atoms with E-state index in [4.69, 9.17) is 4.74 Å². The Bertz CT molecular complexity index is 841. The van der Waals surface area contributed by atoms with Crippen molar-refractivity contribution in [2.45, 2.75) is 25.4 Å². The SMILES string of the molecule is COC(=O)c1cccn1C1CCN(CC(=O)NC(=O)NCc2ccccc2)CC1. The minimum atomic E-state index is -0.496. The molecule has 3 rings (SSSR count). The summed E-state index contributed by atoms with van der Waals surface area (Å²) in [7, 11) is 1.37. The van der Waals surface area contributed by atoms with Crippen LogP contribution in [0, 0.1) is 0 Å². The summed E-state index contributed by atoms with van der Waals surface area (Å²) >= 11 is 0. The van der Waals surface area contributed by atoms with Crippen LogP contribution >= 0.6 is 0 Å². The van der Waals surface area contributed by atoms with Crippen LogP contribution < -0.4 is 10.6 Å². The molecular weight excluding hydrogens is 372 g/mol. The van der Waals surface area contributed by atoms with Gasteiger partial charge in [0.05, 0.1) is 13.7 Å². The predicted octanol–water partition coefficient (Wildman–Crippen LogP) is 1.94. The molecule has 0 atom stereocenters. The average Bonchev–Trinajstić information content (AvgIpc) is 3.23. The molecule has 1 aromatic heterocycles. The molecule has 8 heteroatoms. The van der Waals surface area contributed by atoms with Gasteiger partial charge in [0.15, 0.2) is 0 Å². The van der Waals surface area contributed by atoms with Crippen LogP contribution in [0.1, 0.15) is 34.9 Å². The highest BCUT2D eigenvalue weighted by Crippen LogP contribution is 2.24. The van der Waals surface area contributed by atoms with E-state index in [0.717, 1.165) is 18.4 Å². The summed E-state index contributed by atoms with van der Waals surface area (Å²) in [4.78, 5) is 37.9. The van der Waals surface area contributed by atoms with Gasteiger partial charge in [0.1, 0.15) is 5.69 Å². The van der Waals surface area contributed by atoms with Crippen LogP contribution in [0.2, 0.25) is 0 Å². The number of rotatable bonds is 6. The summed E-state index contributed by atoms with van der Waals surface area (Å²) < 4.78 is 6.77. The van der Waals surface area contributed by atoms with Crippen molar-refractivity contribution in [2.24, 2.45) is 0 Å². The number of benzene rings is 1. The zero-order valence-corrected chi connectivity index (χ0v) is 16.5. The number of aromatic nitrogens is 1. The number of hydrogen-bond acceptors (Lipinski definition) is 5. The lowest BCUT2D eigenvalue weighted by Gasteiger charge is -2.32. The van der Waals surface area contributed by atoms with Gasteiger partial charge in [-0.2, -0.15) is 0 Å². The van der Waals surface area contributed by atoms with Crippen LogP contribution in [-0.4, -0.2) is 54.1 Å². The number of urea groups is 1. The fraction of sp³-hybridized carbons (Fsp3) is 0.381. The van der Waals surface area contributed by atoms with Crippen molar-refractivity contribution in [3.8, 4) is 0 Å². The lowest BCUT2D eigenvalue weighted by atomic mass is 10.0. The lowest BCUT2D eigenvalue weighted by Crippen LogP contribution is -2.46. The highest BCUT2D eigenvalue weighted by molar-refractivity contribution is 5.95. The Balaban J connectivity index is 1.41. The number of nitrogens with zero attached hydrogens (tertiary/aromatic N) is 2. The molecule has 0 bridgehead atoms. The first-order valence-electron chi connectivity index (χ1n) is 9.66. The van der Waals surface area contributed by atoms with E-state index in [9.17, 15) is 14.4 Å². The number of hydrogen-bond donors (Lipinski definition) is 2. The molecule has 0 radical (unpaired) electrons. The normalized spacial score (nSPS) is 14.9. The molecule has 0 aliphatic carbocycles. The Morgan fingerprint density at radius 3 is 2.48 bits per heavy atom. The van der Waals surface area contributed by atoms with Crippen molar-refractivity contribution in [3.63, 3.8) is 0 Å². The molecule has 2 aromatic rings. The van der Waals surface area contributed by atoms with Crippen molar-refractivity contribution < 1.29 is 19.1 Å². The standard InChI is InChI=1S/C21H26N4O4/c1-29-20(27)18-8-5-11-25(18)17-9-12-24(13-10-17)15-19(26)23-21(28)22-14-16-6-3-2-4-7-16/h2-8,11,17H,9-10,12-15H2,1H3,(H2,22,23,26,28). The molecule has 1 aliphatic heterocycles. The molecule has 1 saturated heterocycles. The first kappa shape index (κ1) is 20.6. The molecule has 0 saturated carbocycles. The fourth-order valence-corrected chi connectivity index (χ4v) is 3.54. The molecule has 2 N–H and O–H groups in total. The molecule has 1 fully saturated rings. The van der Waals surface area contributed by atoms with Crippen LogP contribution in [0.15, 0.2) is 48.7 Å². The third kappa shape index (κ3) is 5.68. The van der Waals surface area contributed by atoms with E-state index in [-0.39, 0.29) is 24.5 Å². The summed E-state index contributed by atoms with van der Waals surface area (Å²) in [6, 6.07) is 12.8. The maximum Gasteiger partial charge on any atom is 0.354 e. The van der Waals surface area contributed by atoms with Crippen molar-refractivity contribution in [2.75, 3.05) is 26.7 Å². The smallest absolute Gasteiger partial charge is 0.354 e. The molecule has 3 amide bonds. The summed E-state index contributed by atoms with van der Waals surface area (Å²) in [5.74, 6) is -0.677. The van der Waals surface area contributed by atoms with Gasteiger partial charge in [-0.3, -0.25) is 15.0 Å². The maximum absolute atomic E-state index is 12.1. The van der Waals surface area contributed by atoms with Gasteiger partial charge < -0.3 is 14.6 Å². The maximum atomic E-state index is 12.1. The van der Waals surface area contributed by atoms with E-state index in [1.165, 1.54) is 7.11 Å². The monoisotopic (exact) mass is 398 g/mol. The number of imide groups is 1. The first-order chi connectivity index (χ1) is 14.1. The summed E-state index contributed by atoms with van der Waals surface area (Å²) in [6.07, 6.45) is 3.51. The van der Waals surface area contributed by atoms with Gasteiger partial charge in [0, 0.05) is 31.9 Å². The summed E-state index contributed by atoms with van der Waals surface area (Å²) in [6.45, 7) is 1.96. The van der Waals surface area contributed by atoms with Crippen LogP contribution in [0.25, 0.3) is 0 Å². The quantitative estimate of drug-likeness (QED) is 0.726. The molecule has 29 heavy (non-hydrogen) atoms. The number of methoxy groups -OCH3 is 1. The summed E-state index contributed by atoms with van der Waals surface area (Å²) in [5, 5.41) is 5.05. The molecule has 1 aliphatic rings. The first-order valence-corrected chi connectivity index (χ1v) is 9.66. The zero-order chi connectivity index (χ0) is 20.6. The molecule has 2 heterocycles. The number of ether oxygens (including phenoxy) is 1. The van der Waals surface area contributed by atoms with Gasteiger partial charge >= 0.3 is 12.0 Å².